The van der Waals surface area contributed by atoms with Crippen molar-refractivity contribution >= 4 is 56.1 Å². The lowest BCUT2D eigenvalue weighted by Crippen LogP contribution is -2.37. The number of hydrogen-bond donors (Lipinski definition) is 5. The molecule has 1 atom stereocenters. The summed E-state index contributed by atoms with van der Waals surface area (Å²) in [5, 5.41) is 22.0. The molecule has 198 valence electrons. The number of nitrogens with one attached hydrogen (secondary N) is 4. The maximum Gasteiger partial charge on any atom is 0.280 e. The Morgan fingerprint density at radius 1 is 1.15 bits per heavy atom. The van der Waals surface area contributed by atoms with Gasteiger partial charge in [0, 0.05) is 42.4 Å². The Balaban J connectivity index is 1.27. The van der Waals surface area contributed by atoms with Crippen LogP contribution >= 0.6 is 11.8 Å². The van der Waals surface area contributed by atoms with Crippen LogP contribution in [0.2, 0.25) is 0 Å². The molecule has 1 unspecified atom stereocenters. The van der Waals surface area contributed by atoms with Crippen molar-refractivity contribution in [3.05, 3.63) is 82.3 Å². The molecular weight excluding hydrogens is 518 g/mol. The van der Waals surface area contributed by atoms with Crippen LogP contribution < -0.4 is 21.9 Å². The molecule has 1 aliphatic heterocycles. The van der Waals surface area contributed by atoms with E-state index in [-0.39, 0.29) is 23.2 Å². The topological polar surface area (TPSA) is 185 Å². The van der Waals surface area contributed by atoms with Crippen molar-refractivity contribution in [3.8, 4) is 0 Å². The van der Waals surface area contributed by atoms with Crippen LogP contribution in [0.5, 0.6) is 0 Å². The molecule has 0 radical (unpaired) electrons. The number of nitrogens with zero attached hydrogens (tertiary/aromatic N) is 4. The Morgan fingerprint density at radius 3 is 2.69 bits per heavy atom. The molecule has 1 aromatic carbocycles. The second kappa shape index (κ2) is 10.5. The summed E-state index contributed by atoms with van der Waals surface area (Å²) < 4.78 is 3.21. The number of anilines is 2. The Hall–Kier alpha value is -4.78. The minimum absolute atomic E-state index is 0.0298. The van der Waals surface area contributed by atoms with Crippen molar-refractivity contribution < 1.29 is 9.59 Å². The van der Waals surface area contributed by atoms with Gasteiger partial charge in [-0.2, -0.15) is 0 Å². The zero-order chi connectivity index (χ0) is 27.7. The average Bonchev–Trinajstić information content (AvgIpc) is 3.51. The highest BCUT2D eigenvalue weighted by Gasteiger charge is 2.31. The summed E-state index contributed by atoms with van der Waals surface area (Å²) in [4.78, 5) is 47.3. The van der Waals surface area contributed by atoms with Crippen LogP contribution in [0.1, 0.15) is 29.5 Å². The van der Waals surface area contributed by atoms with Gasteiger partial charge in [-0.1, -0.05) is 30.3 Å². The van der Waals surface area contributed by atoms with Crippen molar-refractivity contribution in [2.45, 2.75) is 25.4 Å². The highest BCUT2D eigenvalue weighted by Crippen LogP contribution is 2.24. The van der Waals surface area contributed by atoms with E-state index in [1.807, 2.05) is 17.7 Å². The third-order valence-corrected chi connectivity index (χ3v) is 7.34. The number of carbonyl (C=O) groups is 2. The maximum absolute atomic E-state index is 13.2. The van der Waals surface area contributed by atoms with Crippen LogP contribution in [-0.4, -0.2) is 41.0 Å². The molecule has 5 rings (SSSR count). The van der Waals surface area contributed by atoms with Gasteiger partial charge >= 0.3 is 0 Å². The second-order valence-electron chi connectivity index (χ2n) is 8.98. The molecule has 0 spiro atoms. The smallest absolute Gasteiger partial charge is 0.280 e. The molecule has 3 aromatic heterocycles. The van der Waals surface area contributed by atoms with E-state index in [1.54, 1.807) is 42.6 Å². The van der Waals surface area contributed by atoms with Crippen LogP contribution in [0.3, 0.4) is 0 Å². The first-order valence-electron chi connectivity index (χ1n) is 12.0. The molecule has 0 bridgehead atoms. The molecule has 39 heavy (non-hydrogen) atoms. The van der Waals surface area contributed by atoms with Crippen LogP contribution in [0.15, 0.2) is 59.7 Å². The maximum atomic E-state index is 13.2. The number of carbonyl (C=O) groups excluding carboxylic acids is 2. The number of hydrogen-bond acceptors (Lipinski definition) is 9. The second-order valence-corrected chi connectivity index (χ2v) is 10.00. The van der Waals surface area contributed by atoms with Crippen molar-refractivity contribution in [2.75, 3.05) is 11.1 Å². The van der Waals surface area contributed by atoms with E-state index in [1.165, 1.54) is 10.8 Å². The molecular formula is C26H25N9O3S. The van der Waals surface area contributed by atoms with Crippen LogP contribution in [0.25, 0.3) is 10.9 Å². The van der Waals surface area contributed by atoms with E-state index in [4.69, 9.17) is 16.6 Å². The fourth-order valence-corrected chi connectivity index (χ4v) is 5.09. The summed E-state index contributed by atoms with van der Waals surface area (Å²) in [5.74, 6) is -0.340. The molecule has 2 amide bonds. The van der Waals surface area contributed by atoms with Gasteiger partial charge in [0.1, 0.15) is 28.4 Å². The normalized spacial score (nSPS) is 14.1. The van der Waals surface area contributed by atoms with Crippen molar-refractivity contribution in [2.24, 2.45) is 7.05 Å². The molecule has 6 N–H and O–H groups in total. The molecule has 1 aliphatic rings. The molecule has 0 saturated heterocycles. The molecule has 4 aromatic rings. The molecule has 0 saturated carbocycles. The van der Waals surface area contributed by atoms with E-state index in [2.05, 4.69) is 20.6 Å². The SMILES string of the molecule is Cn1c(CNC(=O)C2CCc3ncc(NC(=O)C(=N)SC(=N)c4ccccc4)c(=O)n32)cc2cnc(N)cc21. The number of aromatic nitrogens is 4. The van der Waals surface area contributed by atoms with Gasteiger partial charge < -0.3 is 20.9 Å². The van der Waals surface area contributed by atoms with Crippen LogP contribution in [0.4, 0.5) is 11.5 Å². The monoisotopic (exact) mass is 543 g/mol. The predicted octanol–water partition coefficient (Wildman–Crippen LogP) is 2.19. The van der Waals surface area contributed by atoms with Crippen LogP contribution in [-0.2, 0) is 29.6 Å². The summed E-state index contributed by atoms with van der Waals surface area (Å²) in [6.07, 6.45) is 3.73. The van der Waals surface area contributed by atoms with Gasteiger partial charge in [0.05, 0.1) is 18.3 Å². The Labute approximate surface area is 226 Å². The summed E-state index contributed by atoms with van der Waals surface area (Å²) in [6.45, 7) is 0.232. The minimum Gasteiger partial charge on any atom is -0.384 e. The van der Waals surface area contributed by atoms with Gasteiger partial charge in [-0.3, -0.25) is 29.8 Å². The van der Waals surface area contributed by atoms with Gasteiger partial charge in [0.25, 0.3) is 11.5 Å². The van der Waals surface area contributed by atoms with Crippen LogP contribution in [0, 0.1) is 10.8 Å². The third kappa shape index (κ3) is 5.16. The zero-order valence-electron chi connectivity index (χ0n) is 20.9. The fraction of sp³-hybridized carbons (Fsp3) is 0.192. The van der Waals surface area contributed by atoms with E-state index in [0.717, 1.165) is 16.6 Å². The first kappa shape index (κ1) is 25.9. The Morgan fingerprint density at radius 2 is 1.92 bits per heavy atom. The largest absolute Gasteiger partial charge is 0.384 e. The highest BCUT2D eigenvalue weighted by atomic mass is 32.2. The summed E-state index contributed by atoms with van der Waals surface area (Å²) in [5.41, 5.74) is 7.37. The number of pyridine rings is 1. The molecule has 4 heterocycles. The standard InChI is InChI=1S/C26H25N9O3S/c1-34-16(9-15-11-30-20(27)10-19(15)34)12-32-24(36)18-7-8-21-31-13-17(26(38)35(18)21)33-25(37)23(29)39-22(28)14-5-3-2-4-6-14/h2-6,9-11,13,18,28-29H,7-8,12H2,1H3,(H2,27,30)(H,32,36)(H,33,37). The lowest BCUT2D eigenvalue weighted by Gasteiger charge is -2.16. The first-order chi connectivity index (χ1) is 18.7. The van der Waals surface area contributed by atoms with E-state index in [0.29, 0.717) is 41.8 Å². The molecule has 0 fully saturated rings. The quantitative estimate of drug-likeness (QED) is 0.189. The Bertz CT molecular complexity index is 1690. The summed E-state index contributed by atoms with van der Waals surface area (Å²) in [6, 6.07) is 11.6. The van der Waals surface area contributed by atoms with Crippen molar-refractivity contribution in [3.63, 3.8) is 0 Å². The van der Waals surface area contributed by atoms with Gasteiger partial charge in [-0.05, 0) is 24.2 Å². The van der Waals surface area contributed by atoms with Crippen molar-refractivity contribution in [1.29, 1.82) is 10.8 Å². The first-order valence-corrected chi connectivity index (χ1v) is 12.8. The number of rotatable bonds is 5. The lowest BCUT2D eigenvalue weighted by molar-refractivity contribution is -0.124. The number of fused-ring (bicyclic) bond motifs is 2. The molecule has 12 nitrogen and oxygen atoms in total. The van der Waals surface area contributed by atoms with Gasteiger partial charge in [-0.15, -0.1) is 0 Å². The number of aryl methyl sites for hydroxylation is 2. The zero-order valence-corrected chi connectivity index (χ0v) is 21.7. The number of nitrogen functional groups attached to an aromatic ring is 1. The van der Waals surface area contributed by atoms with Gasteiger partial charge in [0.2, 0.25) is 5.91 Å². The number of benzene rings is 1. The van der Waals surface area contributed by atoms with E-state index >= 15 is 0 Å². The highest BCUT2D eigenvalue weighted by molar-refractivity contribution is 8.28. The fourth-order valence-electron chi connectivity index (χ4n) is 4.48. The van der Waals surface area contributed by atoms with Crippen molar-refractivity contribution in [1.82, 2.24) is 24.4 Å². The number of nitrogens with two attached hydrogens (primary N) is 1. The predicted molar refractivity (Wildman–Crippen MR) is 150 cm³/mol. The van der Waals surface area contributed by atoms with E-state index < -0.39 is 22.6 Å². The number of thioether (sulfide) groups is 1. The number of amides is 2. The molecule has 13 heteroatoms. The van der Waals surface area contributed by atoms with Gasteiger partial charge in [0.15, 0.2) is 5.04 Å². The minimum atomic E-state index is -0.843. The Kier molecular flexibility index (Phi) is 6.98. The lowest BCUT2D eigenvalue weighted by atomic mass is 10.2. The summed E-state index contributed by atoms with van der Waals surface area (Å²) in [7, 11) is 1.87. The third-order valence-electron chi connectivity index (χ3n) is 6.51. The van der Waals surface area contributed by atoms with Gasteiger partial charge in [-0.25, -0.2) is 9.97 Å². The molecule has 0 aliphatic carbocycles. The summed E-state index contributed by atoms with van der Waals surface area (Å²) >= 11 is 0.673. The van der Waals surface area contributed by atoms with E-state index in [9.17, 15) is 14.4 Å². The average molecular weight is 544 g/mol.